The predicted octanol–water partition coefficient (Wildman–Crippen LogP) is 5.71. The van der Waals surface area contributed by atoms with Gasteiger partial charge in [0.15, 0.2) is 17.6 Å². The Morgan fingerprint density at radius 2 is 1.79 bits per heavy atom. The van der Waals surface area contributed by atoms with Crippen LogP contribution in [0.5, 0.6) is 5.75 Å². The normalized spacial score (nSPS) is 14.1. The van der Waals surface area contributed by atoms with E-state index in [1.54, 1.807) is 45.2 Å². The van der Waals surface area contributed by atoms with Gasteiger partial charge in [-0.1, -0.05) is 65.9 Å². The molecule has 6 rings (SSSR count). The molecule has 0 saturated carbocycles. The monoisotopic (exact) mass is 667 g/mol. The molecule has 0 radical (unpaired) electrons. The van der Waals surface area contributed by atoms with E-state index in [0.29, 0.717) is 28.8 Å². The lowest BCUT2D eigenvalue weighted by atomic mass is 10.00. The highest BCUT2D eigenvalue weighted by molar-refractivity contribution is 7.99. The van der Waals surface area contributed by atoms with Gasteiger partial charge in [-0.2, -0.15) is 5.10 Å². The fraction of sp³-hybridized carbons (Fsp3) is 0.182. The molecule has 0 unspecified atom stereocenters. The van der Waals surface area contributed by atoms with Gasteiger partial charge in [0.1, 0.15) is 5.75 Å². The van der Waals surface area contributed by atoms with Crippen molar-refractivity contribution in [3.05, 3.63) is 128 Å². The minimum Gasteiger partial charge on any atom is -0.484 e. The topological polar surface area (TPSA) is 145 Å². The van der Waals surface area contributed by atoms with E-state index in [0.717, 1.165) is 21.7 Å². The van der Waals surface area contributed by atoms with Crippen molar-refractivity contribution in [2.75, 3.05) is 12.4 Å². The molecule has 1 N–H and O–H groups in total. The first-order chi connectivity index (χ1) is 22.9. The molecule has 0 fully saturated rings. The number of carbonyl (C=O) groups excluding carboxylic acids is 2. The average molecular weight is 668 g/mol. The molecule has 1 aliphatic rings. The maximum atomic E-state index is 13.8. The number of non-ortho nitro benzene ring substituents is 1. The van der Waals surface area contributed by atoms with E-state index >= 15 is 0 Å². The highest BCUT2D eigenvalue weighted by Gasteiger charge is 2.33. The lowest BCUT2D eigenvalue weighted by Crippen LogP contribution is -2.29. The summed E-state index contributed by atoms with van der Waals surface area (Å²) in [6, 6.07) is 26.7. The lowest BCUT2D eigenvalue weighted by molar-refractivity contribution is -0.384. The molecule has 0 bridgehead atoms. The molecule has 14 heteroatoms. The largest absolute Gasteiger partial charge is 0.484 e. The highest BCUT2D eigenvalue weighted by Crippen LogP contribution is 2.35. The molecule has 0 spiro atoms. The number of aryl methyl sites for hydroxylation is 1. The smallest absolute Gasteiger partial charge is 0.269 e. The van der Waals surface area contributed by atoms with E-state index in [4.69, 9.17) is 9.84 Å². The number of nitro benzene ring substituents is 1. The number of nitro groups is 1. The molecule has 3 heterocycles. The van der Waals surface area contributed by atoms with Crippen LogP contribution in [0.1, 0.15) is 34.3 Å². The quantitative estimate of drug-likeness (QED) is 0.101. The van der Waals surface area contributed by atoms with Crippen molar-refractivity contribution in [2.24, 2.45) is 5.10 Å². The van der Waals surface area contributed by atoms with Crippen molar-refractivity contribution in [2.45, 2.75) is 31.1 Å². The van der Waals surface area contributed by atoms with E-state index in [1.807, 2.05) is 66.9 Å². The number of hydrogen-bond acceptors (Lipinski definition) is 10. The Bertz CT molecular complexity index is 1890. The van der Waals surface area contributed by atoms with Gasteiger partial charge in [0, 0.05) is 24.2 Å². The van der Waals surface area contributed by atoms with Crippen molar-refractivity contribution in [3.63, 3.8) is 0 Å². The second-order valence-corrected chi connectivity index (χ2v) is 12.5. The first-order valence-electron chi connectivity index (χ1n) is 14.6. The average Bonchev–Trinajstić information content (AvgIpc) is 3.87. The zero-order valence-electron chi connectivity index (χ0n) is 25.2. The summed E-state index contributed by atoms with van der Waals surface area (Å²) in [4.78, 5) is 38.1. The van der Waals surface area contributed by atoms with Crippen LogP contribution in [-0.2, 0) is 16.1 Å². The van der Waals surface area contributed by atoms with Crippen molar-refractivity contribution in [1.82, 2.24) is 25.1 Å². The van der Waals surface area contributed by atoms with Crippen LogP contribution in [0.2, 0.25) is 0 Å². The maximum Gasteiger partial charge on any atom is 0.269 e. The number of carbonyl (C=O) groups is 2. The molecule has 2 amide bonds. The Hall–Kier alpha value is -5.34. The maximum absolute atomic E-state index is 13.8. The molecule has 0 saturated heterocycles. The number of ether oxygens (including phenoxy) is 1. The number of benzene rings is 3. The fourth-order valence-corrected chi connectivity index (χ4v) is 6.50. The Morgan fingerprint density at radius 1 is 1.02 bits per heavy atom. The van der Waals surface area contributed by atoms with Gasteiger partial charge in [-0.25, -0.2) is 5.01 Å². The molecule has 0 aliphatic carbocycles. The van der Waals surface area contributed by atoms with Crippen molar-refractivity contribution >= 4 is 46.3 Å². The number of nitrogens with zero attached hydrogens (tertiary/aromatic N) is 6. The molecule has 1 aliphatic heterocycles. The number of amides is 2. The number of hydrogen-bond donors (Lipinski definition) is 1. The third-order valence-corrected chi connectivity index (χ3v) is 9.17. The molecular formula is C33H29N7O5S2. The van der Waals surface area contributed by atoms with E-state index in [-0.39, 0.29) is 42.4 Å². The van der Waals surface area contributed by atoms with Gasteiger partial charge >= 0.3 is 0 Å². The van der Waals surface area contributed by atoms with Crippen LogP contribution >= 0.6 is 23.1 Å². The first kappa shape index (κ1) is 31.6. The SMILES string of the molecule is Cc1ccc([C@@H]2CC(c3cccs3)=NN2C(=O)CSc2nnc(CNC(=O)COc3ccccc3)n2-c2ccc([N+](=O)[O-])cc2)cc1. The van der Waals surface area contributed by atoms with Crippen LogP contribution in [0.4, 0.5) is 5.69 Å². The molecule has 238 valence electrons. The van der Waals surface area contributed by atoms with Gasteiger partial charge in [-0.05, 0) is 48.2 Å². The summed E-state index contributed by atoms with van der Waals surface area (Å²) < 4.78 is 7.20. The van der Waals surface area contributed by atoms with E-state index in [2.05, 4.69) is 15.5 Å². The minimum atomic E-state index is -0.483. The van der Waals surface area contributed by atoms with Crippen molar-refractivity contribution in [1.29, 1.82) is 0 Å². The summed E-state index contributed by atoms with van der Waals surface area (Å²) in [5, 5.41) is 31.3. The van der Waals surface area contributed by atoms with Gasteiger partial charge in [0.25, 0.3) is 17.5 Å². The molecule has 12 nitrogen and oxygen atoms in total. The highest BCUT2D eigenvalue weighted by atomic mass is 32.2. The number of nitrogens with one attached hydrogen (secondary N) is 1. The summed E-state index contributed by atoms with van der Waals surface area (Å²) in [5.41, 5.74) is 3.44. The summed E-state index contributed by atoms with van der Waals surface area (Å²) in [7, 11) is 0. The van der Waals surface area contributed by atoms with Crippen LogP contribution in [0.3, 0.4) is 0 Å². The third kappa shape index (κ3) is 7.56. The zero-order chi connectivity index (χ0) is 32.8. The minimum absolute atomic E-state index is 0.00552. The molecule has 47 heavy (non-hydrogen) atoms. The number of thioether (sulfide) groups is 1. The molecule has 5 aromatic rings. The number of aromatic nitrogens is 3. The molecular weight excluding hydrogens is 639 g/mol. The third-order valence-electron chi connectivity index (χ3n) is 7.33. The Morgan fingerprint density at radius 3 is 2.49 bits per heavy atom. The van der Waals surface area contributed by atoms with E-state index < -0.39 is 4.92 Å². The Kier molecular flexibility index (Phi) is 9.69. The standard InChI is InChI=1S/C33H29N7O5S2/c1-22-9-11-23(12-10-22)28-18-27(29-8-5-17-46-29)37-39(28)32(42)21-47-33-36-35-30(38(33)24-13-15-25(16-14-24)40(43)44)19-34-31(41)20-45-26-6-3-2-4-7-26/h2-17,28H,18-21H2,1H3,(H,34,41)/t28-/m0/s1. The summed E-state index contributed by atoms with van der Waals surface area (Å²) in [5.74, 6) is 0.366. The molecule has 1 atom stereocenters. The van der Waals surface area contributed by atoms with Gasteiger partial charge in [-0.3, -0.25) is 24.3 Å². The van der Waals surface area contributed by atoms with Crippen molar-refractivity contribution in [3.8, 4) is 11.4 Å². The summed E-state index contributed by atoms with van der Waals surface area (Å²) in [6.07, 6.45) is 0.594. The zero-order valence-corrected chi connectivity index (χ0v) is 26.8. The van der Waals surface area contributed by atoms with E-state index in [9.17, 15) is 19.7 Å². The lowest BCUT2D eigenvalue weighted by Gasteiger charge is -2.22. The summed E-state index contributed by atoms with van der Waals surface area (Å²) >= 11 is 2.75. The Balaban J connectivity index is 1.20. The van der Waals surface area contributed by atoms with Gasteiger partial charge in [0.2, 0.25) is 0 Å². The number of para-hydroxylation sites is 1. The second-order valence-electron chi connectivity index (χ2n) is 10.6. The van der Waals surface area contributed by atoms with Crippen LogP contribution < -0.4 is 10.1 Å². The predicted molar refractivity (Wildman–Crippen MR) is 179 cm³/mol. The molecule has 3 aromatic carbocycles. The fourth-order valence-electron chi connectivity index (χ4n) is 4.96. The Labute approximate surface area is 278 Å². The van der Waals surface area contributed by atoms with Crippen molar-refractivity contribution < 1.29 is 19.2 Å². The summed E-state index contributed by atoms with van der Waals surface area (Å²) in [6.45, 7) is 1.83. The van der Waals surface area contributed by atoms with Gasteiger partial charge in [-0.15, -0.1) is 21.5 Å². The number of hydrazone groups is 1. The van der Waals surface area contributed by atoms with Crippen LogP contribution in [0.25, 0.3) is 5.69 Å². The van der Waals surface area contributed by atoms with Crippen LogP contribution in [-0.4, -0.2) is 54.6 Å². The van der Waals surface area contributed by atoms with Crippen LogP contribution in [0.15, 0.2) is 107 Å². The number of rotatable bonds is 12. The number of thiophene rings is 1. The van der Waals surface area contributed by atoms with Gasteiger partial charge < -0.3 is 10.1 Å². The molecule has 2 aromatic heterocycles. The van der Waals surface area contributed by atoms with Crippen LogP contribution in [0, 0.1) is 17.0 Å². The second kappa shape index (κ2) is 14.4. The van der Waals surface area contributed by atoms with E-state index in [1.165, 1.54) is 23.9 Å². The van der Waals surface area contributed by atoms with Gasteiger partial charge in [0.05, 0.1) is 33.9 Å². The first-order valence-corrected chi connectivity index (χ1v) is 16.5.